The highest BCUT2D eigenvalue weighted by Crippen LogP contribution is 2.36. The maximum absolute atomic E-state index is 12.8. The monoisotopic (exact) mass is 506 g/mol. The van der Waals surface area contributed by atoms with Crippen LogP contribution in [0.2, 0.25) is 5.15 Å². The molecule has 9 heteroatoms. The molecule has 0 spiro atoms. The first-order chi connectivity index (χ1) is 17.2. The number of piperazine rings is 1. The second-order valence-corrected chi connectivity index (χ2v) is 10.6. The fourth-order valence-corrected chi connectivity index (χ4v) is 5.14. The van der Waals surface area contributed by atoms with Crippen molar-refractivity contribution in [3.8, 4) is 12.1 Å². The number of nitrogens with zero attached hydrogens (tertiary/aromatic N) is 6. The first-order valence-corrected chi connectivity index (χ1v) is 12.6. The van der Waals surface area contributed by atoms with Crippen LogP contribution < -0.4 is 4.90 Å². The lowest BCUT2D eigenvalue weighted by molar-refractivity contribution is 0.0145. The number of hydrogen-bond donors (Lipinski definition) is 0. The van der Waals surface area contributed by atoms with Crippen molar-refractivity contribution in [2.45, 2.75) is 58.3 Å². The zero-order chi connectivity index (χ0) is 25.9. The highest BCUT2D eigenvalue weighted by molar-refractivity contribution is 6.31. The predicted molar refractivity (Wildman–Crippen MR) is 137 cm³/mol. The van der Waals surface area contributed by atoms with Crippen molar-refractivity contribution in [3.05, 3.63) is 57.9 Å². The minimum Gasteiger partial charge on any atom is -0.444 e. The molecule has 1 aromatic carbocycles. The summed E-state index contributed by atoms with van der Waals surface area (Å²) in [5, 5.41) is 19.6. The van der Waals surface area contributed by atoms with Crippen LogP contribution in [0, 0.1) is 22.7 Å². The highest BCUT2D eigenvalue weighted by Gasteiger charge is 2.36. The average molecular weight is 507 g/mol. The van der Waals surface area contributed by atoms with Crippen LogP contribution in [0.3, 0.4) is 0 Å². The van der Waals surface area contributed by atoms with Crippen LogP contribution >= 0.6 is 11.6 Å². The number of rotatable bonds is 4. The van der Waals surface area contributed by atoms with Gasteiger partial charge in [-0.2, -0.15) is 10.5 Å². The average Bonchev–Trinajstić information content (AvgIpc) is 2.83. The summed E-state index contributed by atoms with van der Waals surface area (Å²) in [5.41, 5.74) is 3.66. The molecule has 0 aliphatic carbocycles. The van der Waals surface area contributed by atoms with Crippen LogP contribution in [0.4, 0.5) is 10.5 Å². The zero-order valence-corrected chi connectivity index (χ0v) is 21.8. The fourth-order valence-electron chi connectivity index (χ4n) is 4.91. The number of fused-ring (bicyclic) bond motifs is 1. The molecule has 1 aromatic heterocycles. The maximum atomic E-state index is 12.8. The van der Waals surface area contributed by atoms with Gasteiger partial charge in [-0.15, -0.1) is 0 Å². The molecule has 1 unspecified atom stereocenters. The second kappa shape index (κ2) is 10.7. The van der Waals surface area contributed by atoms with Crippen molar-refractivity contribution in [2.75, 3.05) is 31.1 Å². The van der Waals surface area contributed by atoms with E-state index in [0.29, 0.717) is 31.7 Å². The van der Waals surface area contributed by atoms with Crippen LogP contribution in [0.5, 0.6) is 0 Å². The Morgan fingerprint density at radius 1 is 1.19 bits per heavy atom. The van der Waals surface area contributed by atoms with Crippen molar-refractivity contribution in [1.29, 1.82) is 10.5 Å². The van der Waals surface area contributed by atoms with E-state index >= 15 is 0 Å². The number of amides is 1. The Labute approximate surface area is 217 Å². The third kappa shape index (κ3) is 5.73. The molecule has 1 saturated heterocycles. The lowest BCUT2D eigenvalue weighted by Crippen LogP contribution is -2.56. The van der Waals surface area contributed by atoms with Crippen LogP contribution in [0.15, 0.2) is 30.3 Å². The Morgan fingerprint density at radius 3 is 2.61 bits per heavy atom. The minimum atomic E-state index is -0.622. The van der Waals surface area contributed by atoms with E-state index in [1.54, 1.807) is 4.90 Å². The van der Waals surface area contributed by atoms with Crippen molar-refractivity contribution in [1.82, 2.24) is 14.8 Å². The van der Waals surface area contributed by atoms with Crippen LogP contribution in [0.1, 0.15) is 49.6 Å². The summed E-state index contributed by atoms with van der Waals surface area (Å²) < 4.78 is 5.58. The van der Waals surface area contributed by atoms with Gasteiger partial charge in [0.1, 0.15) is 22.4 Å². The Balaban J connectivity index is 1.60. The van der Waals surface area contributed by atoms with Gasteiger partial charge in [-0.1, -0.05) is 41.9 Å². The number of benzene rings is 1. The summed E-state index contributed by atoms with van der Waals surface area (Å²) in [5.74, 6) is 0. The summed E-state index contributed by atoms with van der Waals surface area (Å²) in [7, 11) is 0. The third-order valence-corrected chi connectivity index (χ3v) is 6.75. The number of halogens is 1. The van der Waals surface area contributed by atoms with Gasteiger partial charge in [-0.05, 0) is 32.8 Å². The van der Waals surface area contributed by atoms with E-state index < -0.39 is 11.7 Å². The molecule has 3 heterocycles. The van der Waals surface area contributed by atoms with Crippen LogP contribution in [-0.4, -0.2) is 58.7 Å². The first-order valence-electron chi connectivity index (χ1n) is 12.2. The fraction of sp³-hybridized carbons (Fsp3) is 0.481. The molecule has 1 amide bonds. The number of carbonyl (C=O) groups is 1. The Kier molecular flexibility index (Phi) is 7.68. The maximum Gasteiger partial charge on any atom is 0.410 e. The van der Waals surface area contributed by atoms with Gasteiger partial charge >= 0.3 is 6.09 Å². The summed E-state index contributed by atoms with van der Waals surface area (Å²) >= 11 is 6.53. The molecule has 0 N–H and O–H groups in total. The molecule has 2 aliphatic heterocycles. The summed E-state index contributed by atoms with van der Waals surface area (Å²) in [6, 6.07) is 14.4. The van der Waals surface area contributed by atoms with Crippen molar-refractivity contribution in [2.24, 2.45) is 0 Å². The molecule has 0 radical (unpaired) electrons. The molecular formula is C27H31ClN6O2. The molecular weight excluding hydrogens is 476 g/mol. The highest BCUT2D eigenvalue weighted by atomic mass is 35.5. The van der Waals surface area contributed by atoms with Gasteiger partial charge in [0.05, 0.1) is 29.9 Å². The third-order valence-electron chi connectivity index (χ3n) is 6.48. The molecule has 36 heavy (non-hydrogen) atoms. The van der Waals surface area contributed by atoms with Crippen molar-refractivity contribution >= 4 is 23.4 Å². The SMILES string of the molecule is CC(C)(C)OC(=O)N1CCN(c2c(C#N)c(Cl)nc3c2CCN(Cc2ccccc2)C3)CC1CC#N. The molecule has 0 saturated carbocycles. The van der Waals surface area contributed by atoms with E-state index in [1.807, 2.05) is 39.0 Å². The molecule has 1 atom stereocenters. The van der Waals surface area contributed by atoms with E-state index in [0.717, 1.165) is 36.5 Å². The minimum absolute atomic E-state index is 0.170. The Morgan fingerprint density at radius 2 is 1.94 bits per heavy atom. The predicted octanol–water partition coefficient (Wildman–Crippen LogP) is 4.50. The molecule has 2 aromatic rings. The number of nitriles is 2. The number of ether oxygens (including phenoxy) is 1. The van der Waals surface area contributed by atoms with Gasteiger partial charge in [0.25, 0.3) is 0 Å². The van der Waals surface area contributed by atoms with Gasteiger partial charge in [0.15, 0.2) is 0 Å². The molecule has 0 bridgehead atoms. The van der Waals surface area contributed by atoms with E-state index in [-0.39, 0.29) is 17.6 Å². The van der Waals surface area contributed by atoms with Crippen molar-refractivity contribution < 1.29 is 9.53 Å². The summed E-state index contributed by atoms with van der Waals surface area (Å²) in [4.78, 5) is 23.5. The molecule has 4 rings (SSSR count). The number of aromatic nitrogens is 1. The van der Waals surface area contributed by atoms with Gasteiger partial charge in [0, 0.05) is 44.8 Å². The summed E-state index contributed by atoms with van der Waals surface area (Å²) in [6.07, 6.45) is 0.490. The van der Waals surface area contributed by atoms with E-state index in [1.165, 1.54) is 5.56 Å². The zero-order valence-electron chi connectivity index (χ0n) is 21.0. The van der Waals surface area contributed by atoms with E-state index in [4.69, 9.17) is 16.3 Å². The first kappa shape index (κ1) is 25.8. The lowest BCUT2D eigenvalue weighted by Gasteiger charge is -2.43. The van der Waals surface area contributed by atoms with E-state index in [2.05, 4.69) is 39.1 Å². The number of anilines is 1. The topological polar surface area (TPSA) is 96.5 Å². The van der Waals surface area contributed by atoms with Gasteiger partial charge in [-0.25, -0.2) is 9.78 Å². The largest absolute Gasteiger partial charge is 0.444 e. The Bertz CT molecular complexity index is 1200. The molecule has 188 valence electrons. The Hall–Kier alpha value is -3.33. The standard InChI is InChI=1S/C27H31ClN6O2/c1-27(2,3)36-26(35)34-14-13-33(17-20(34)9-11-29)24-21-10-12-32(16-19-7-5-4-6-8-19)18-23(21)31-25(28)22(24)15-30/h4-8,20H,9-10,12-14,16-18H2,1-3H3. The smallest absolute Gasteiger partial charge is 0.410 e. The van der Waals surface area contributed by atoms with E-state index in [9.17, 15) is 15.3 Å². The van der Waals surface area contributed by atoms with Crippen LogP contribution in [-0.2, 0) is 24.2 Å². The molecule has 8 nitrogen and oxygen atoms in total. The number of pyridine rings is 1. The normalized spacial score (nSPS) is 18.2. The number of hydrogen-bond acceptors (Lipinski definition) is 7. The molecule has 1 fully saturated rings. The summed E-state index contributed by atoms with van der Waals surface area (Å²) in [6.45, 7) is 9.09. The van der Waals surface area contributed by atoms with Crippen LogP contribution in [0.25, 0.3) is 0 Å². The second-order valence-electron chi connectivity index (χ2n) is 10.2. The quantitative estimate of drug-likeness (QED) is 0.563. The van der Waals surface area contributed by atoms with Crippen molar-refractivity contribution in [3.63, 3.8) is 0 Å². The van der Waals surface area contributed by atoms with Gasteiger partial charge in [0.2, 0.25) is 0 Å². The van der Waals surface area contributed by atoms with Gasteiger partial charge in [-0.3, -0.25) is 4.90 Å². The molecule has 2 aliphatic rings. The number of carbonyl (C=O) groups excluding carboxylic acids is 1. The lowest BCUT2D eigenvalue weighted by atomic mass is 9.97. The van der Waals surface area contributed by atoms with Gasteiger partial charge < -0.3 is 14.5 Å².